The third-order valence-corrected chi connectivity index (χ3v) is 4.91. The number of nitrogens with zero attached hydrogens (tertiary/aromatic N) is 1. The van der Waals surface area contributed by atoms with E-state index in [1.807, 2.05) is 47.8 Å². The average molecular weight is 363 g/mol. The van der Waals surface area contributed by atoms with Gasteiger partial charge in [0.2, 0.25) is 5.91 Å². The number of carbonyl (C=O) groups excluding carboxylic acids is 2. The van der Waals surface area contributed by atoms with Crippen molar-refractivity contribution in [2.24, 2.45) is 5.92 Å². The van der Waals surface area contributed by atoms with E-state index in [1.54, 1.807) is 12.1 Å². The Bertz CT molecular complexity index is 931. The van der Waals surface area contributed by atoms with Crippen LogP contribution < -0.4 is 10.6 Å². The molecule has 0 atom stereocenters. The van der Waals surface area contributed by atoms with Gasteiger partial charge < -0.3 is 10.6 Å². The van der Waals surface area contributed by atoms with Crippen LogP contribution in [0, 0.1) is 5.92 Å². The molecule has 0 spiro atoms. The predicted octanol–water partition coefficient (Wildman–Crippen LogP) is 4.41. The number of benzene rings is 2. The van der Waals surface area contributed by atoms with Crippen LogP contribution in [0.3, 0.4) is 0 Å². The molecule has 5 nitrogen and oxygen atoms in total. The summed E-state index contributed by atoms with van der Waals surface area (Å²) in [6.45, 7) is 0. The highest BCUT2D eigenvalue weighted by atomic mass is 32.1. The lowest BCUT2D eigenvalue weighted by atomic mass is 10.1. The van der Waals surface area contributed by atoms with Gasteiger partial charge in [0.05, 0.1) is 5.69 Å². The highest BCUT2D eigenvalue weighted by Crippen LogP contribution is 2.31. The van der Waals surface area contributed by atoms with E-state index >= 15 is 0 Å². The normalized spacial score (nSPS) is 13.2. The van der Waals surface area contributed by atoms with Gasteiger partial charge in [0.15, 0.2) is 5.13 Å². The van der Waals surface area contributed by atoms with Gasteiger partial charge in [-0.15, -0.1) is 11.3 Å². The summed E-state index contributed by atoms with van der Waals surface area (Å²) in [5, 5.41) is 8.28. The molecule has 4 rings (SSSR count). The number of nitrogens with one attached hydrogen (secondary N) is 2. The first kappa shape index (κ1) is 16.5. The fourth-order valence-electron chi connectivity index (χ4n) is 2.53. The molecule has 26 heavy (non-hydrogen) atoms. The molecule has 2 aromatic carbocycles. The second-order valence-corrected chi connectivity index (χ2v) is 7.06. The third-order valence-electron chi connectivity index (χ3n) is 4.16. The molecule has 1 fully saturated rings. The smallest absolute Gasteiger partial charge is 0.255 e. The molecule has 1 aliphatic rings. The van der Waals surface area contributed by atoms with Crippen molar-refractivity contribution >= 4 is 34.0 Å². The lowest BCUT2D eigenvalue weighted by molar-refractivity contribution is -0.117. The monoisotopic (exact) mass is 363 g/mol. The number of hydrogen-bond donors (Lipinski definition) is 2. The van der Waals surface area contributed by atoms with Crippen LogP contribution in [0.25, 0.3) is 11.3 Å². The minimum absolute atomic E-state index is 0.0601. The summed E-state index contributed by atoms with van der Waals surface area (Å²) < 4.78 is 0. The number of anilines is 2. The average Bonchev–Trinajstić information content (AvgIpc) is 3.43. The maximum absolute atomic E-state index is 12.2. The number of rotatable bonds is 5. The molecule has 0 bridgehead atoms. The fourth-order valence-corrected chi connectivity index (χ4v) is 3.26. The Labute approximate surface area is 155 Å². The molecule has 2 amide bonds. The number of carbonyl (C=O) groups is 2. The first-order chi connectivity index (χ1) is 12.7. The van der Waals surface area contributed by atoms with Crippen molar-refractivity contribution in [1.29, 1.82) is 0 Å². The third kappa shape index (κ3) is 3.81. The Kier molecular flexibility index (Phi) is 4.50. The van der Waals surface area contributed by atoms with Crippen molar-refractivity contribution in [2.45, 2.75) is 12.8 Å². The summed E-state index contributed by atoms with van der Waals surface area (Å²) in [5.41, 5.74) is 3.08. The minimum Gasteiger partial charge on any atom is -0.322 e. The van der Waals surface area contributed by atoms with Gasteiger partial charge >= 0.3 is 0 Å². The van der Waals surface area contributed by atoms with Gasteiger partial charge in [-0.2, -0.15) is 0 Å². The highest BCUT2D eigenvalue weighted by Gasteiger charge is 2.30. The number of amides is 2. The first-order valence-corrected chi connectivity index (χ1v) is 9.30. The summed E-state index contributed by atoms with van der Waals surface area (Å²) in [5.74, 6) is 0.0804. The summed E-state index contributed by atoms with van der Waals surface area (Å²) in [7, 11) is 0. The van der Waals surface area contributed by atoms with Crippen LogP contribution in [0.2, 0.25) is 0 Å². The van der Waals surface area contributed by atoms with Gasteiger partial charge in [-0.05, 0) is 37.1 Å². The van der Waals surface area contributed by atoms with E-state index in [0.717, 1.165) is 29.8 Å². The molecule has 1 heterocycles. The fraction of sp³-hybridized carbons (Fsp3) is 0.150. The Balaban J connectivity index is 1.42. The lowest BCUT2D eigenvalue weighted by Gasteiger charge is -2.06. The molecular formula is C20H17N3O2S. The van der Waals surface area contributed by atoms with Crippen LogP contribution in [-0.4, -0.2) is 16.8 Å². The topological polar surface area (TPSA) is 71.1 Å². The van der Waals surface area contributed by atoms with Gasteiger partial charge in [0.1, 0.15) is 0 Å². The molecular weight excluding hydrogens is 346 g/mol. The SMILES string of the molecule is O=C(Nc1ccc(-c2csc(NC(=O)C3CC3)n2)cc1)c1ccccc1. The molecule has 2 N–H and O–H groups in total. The summed E-state index contributed by atoms with van der Waals surface area (Å²) in [6, 6.07) is 16.6. The maximum Gasteiger partial charge on any atom is 0.255 e. The van der Waals surface area contributed by atoms with Crippen LogP contribution in [-0.2, 0) is 4.79 Å². The molecule has 0 aliphatic heterocycles. The highest BCUT2D eigenvalue weighted by molar-refractivity contribution is 7.14. The van der Waals surface area contributed by atoms with Gasteiger partial charge in [-0.1, -0.05) is 30.3 Å². The van der Waals surface area contributed by atoms with Crippen LogP contribution in [0.4, 0.5) is 10.8 Å². The maximum atomic E-state index is 12.2. The van der Waals surface area contributed by atoms with Gasteiger partial charge in [0, 0.05) is 28.1 Å². The van der Waals surface area contributed by atoms with E-state index < -0.39 is 0 Å². The Morgan fingerprint density at radius 2 is 1.69 bits per heavy atom. The summed E-state index contributed by atoms with van der Waals surface area (Å²) >= 11 is 1.42. The van der Waals surface area contributed by atoms with Crippen molar-refractivity contribution in [3.05, 3.63) is 65.5 Å². The lowest BCUT2D eigenvalue weighted by Crippen LogP contribution is -2.12. The van der Waals surface area contributed by atoms with E-state index in [9.17, 15) is 9.59 Å². The van der Waals surface area contributed by atoms with Crippen LogP contribution in [0.15, 0.2) is 60.0 Å². The molecule has 0 saturated heterocycles. The van der Waals surface area contributed by atoms with Crippen molar-refractivity contribution < 1.29 is 9.59 Å². The van der Waals surface area contributed by atoms with E-state index in [4.69, 9.17) is 0 Å². The molecule has 0 unspecified atom stereocenters. The zero-order chi connectivity index (χ0) is 17.9. The quantitative estimate of drug-likeness (QED) is 0.705. The van der Waals surface area contributed by atoms with Crippen molar-refractivity contribution in [3.63, 3.8) is 0 Å². The van der Waals surface area contributed by atoms with E-state index in [1.165, 1.54) is 11.3 Å². The van der Waals surface area contributed by atoms with Crippen molar-refractivity contribution in [2.75, 3.05) is 10.6 Å². The van der Waals surface area contributed by atoms with Gasteiger partial charge in [0.25, 0.3) is 5.91 Å². The second-order valence-electron chi connectivity index (χ2n) is 6.20. The van der Waals surface area contributed by atoms with E-state index in [-0.39, 0.29) is 17.7 Å². The van der Waals surface area contributed by atoms with E-state index in [2.05, 4.69) is 15.6 Å². The van der Waals surface area contributed by atoms with Crippen LogP contribution >= 0.6 is 11.3 Å². The first-order valence-electron chi connectivity index (χ1n) is 8.42. The van der Waals surface area contributed by atoms with Gasteiger partial charge in [-0.25, -0.2) is 4.98 Å². The molecule has 1 aliphatic carbocycles. The van der Waals surface area contributed by atoms with E-state index in [0.29, 0.717) is 10.7 Å². The Hall–Kier alpha value is -2.99. The minimum atomic E-state index is -0.142. The predicted molar refractivity (Wildman–Crippen MR) is 103 cm³/mol. The number of aromatic nitrogens is 1. The zero-order valence-electron chi connectivity index (χ0n) is 13.9. The Morgan fingerprint density at radius 3 is 2.38 bits per heavy atom. The van der Waals surface area contributed by atoms with Gasteiger partial charge in [-0.3, -0.25) is 9.59 Å². The standard InChI is InChI=1S/C20H17N3O2S/c24-18(14-4-2-1-3-5-14)21-16-10-8-13(9-11-16)17-12-26-20(22-17)23-19(25)15-6-7-15/h1-5,8-12,15H,6-7H2,(H,21,24)(H,22,23,25). The Morgan fingerprint density at radius 1 is 0.962 bits per heavy atom. The second kappa shape index (κ2) is 7.09. The van der Waals surface area contributed by atoms with Crippen LogP contribution in [0.1, 0.15) is 23.2 Å². The largest absolute Gasteiger partial charge is 0.322 e. The summed E-state index contributed by atoms with van der Waals surface area (Å²) in [4.78, 5) is 28.4. The molecule has 6 heteroatoms. The summed E-state index contributed by atoms with van der Waals surface area (Å²) in [6.07, 6.45) is 1.94. The van der Waals surface area contributed by atoms with Crippen molar-refractivity contribution in [1.82, 2.24) is 4.98 Å². The molecule has 1 saturated carbocycles. The molecule has 1 aromatic heterocycles. The number of hydrogen-bond acceptors (Lipinski definition) is 4. The zero-order valence-corrected chi connectivity index (χ0v) is 14.8. The molecule has 130 valence electrons. The molecule has 3 aromatic rings. The molecule has 0 radical (unpaired) electrons. The van der Waals surface area contributed by atoms with Crippen molar-refractivity contribution in [3.8, 4) is 11.3 Å². The number of thiazole rings is 1. The van der Waals surface area contributed by atoms with Crippen LogP contribution in [0.5, 0.6) is 0 Å².